The molecule has 0 aliphatic carbocycles. The molecular weight excluding hydrogens is 400 g/mol. The average Bonchev–Trinajstić information content (AvgIpc) is 3.43. The molecule has 7 nitrogen and oxygen atoms in total. The maximum atomic E-state index is 11.0. The van der Waals surface area contributed by atoms with Crippen LogP contribution in [0.25, 0.3) is 16.5 Å². The van der Waals surface area contributed by atoms with Crippen LogP contribution in [-0.2, 0) is 4.74 Å². The Labute approximate surface area is 169 Å². The number of thiazole rings is 1. The Balaban J connectivity index is 1.62. The minimum absolute atomic E-state index is 0.0710. The molecule has 9 heteroatoms. The van der Waals surface area contributed by atoms with Crippen LogP contribution in [0.2, 0.25) is 5.02 Å². The molecule has 0 saturated carbocycles. The Bertz CT molecular complexity index is 1100. The lowest BCUT2D eigenvalue weighted by Gasteiger charge is -2.34. The molecular formula is C19H17ClN4O3S. The Kier molecular flexibility index (Phi) is 4.56. The highest BCUT2D eigenvalue weighted by Gasteiger charge is 2.32. The number of hydrogen-bond acceptors (Lipinski definition) is 7. The van der Waals surface area contributed by atoms with Gasteiger partial charge in [-0.05, 0) is 23.8 Å². The predicted molar refractivity (Wildman–Crippen MR) is 106 cm³/mol. The summed E-state index contributed by atoms with van der Waals surface area (Å²) in [5, 5.41) is 16.1. The molecule has 0 amide bonds. The van der Waals surface area contributed by atoms with Crippen molar-refractivity contribution in [3.63, 3.8) is 0 Å². The van der Waals surface area contributed by atoms with Crippen LogP contribution in [0.5, 0.6) is 5.88 Å². The van der Waals surface area contributed by atoms with Gasteiger partial charge in [0.05, 0.1) is 30.4 Å². The van der Waals surface area contributed by atoms with E-state index in [0.717, 1.165) is 23.5 Å². The van der Waals surface area contributed by atoms with Gasteiger partial charge in [-0.15, -0.1) is 5.10 Å². The number of morpholine rings is 1. The summed E-state index contributed by atoms with van der Waals surface area (Å²) in [5.41, 5.74) is 0.942. The molecule has 144 valence electrons. The average molecular weight is 417 g/mol. The number of aromatic nitrogens is 3. The molecule has 5 rings (SSSR count). The van der Waals surface area contributed by atoms with Gasteiger partial charge in [-0.2, -0.15) is 9.50 Å². The second kappa shape index (κ2) is 7.21. The number of fused-ring (bicyclic) bond motifs is 1. The lowest BCUT2D eigenvalue weighted by Crippen LogP contribution is -2.39. The molecule has 1 N–H and O–H groups in total. The smallest absolute Gasteiger partial charge is 0.230 e. The SMILES string of the molecule is Oc1c([C@@H](c2ccccc2Cl)N2CCOCC2)sc2nc(-c3ccco3)nn12. The second-order valence-electron chi connectivity index (χ2n) is 6.47. The molecule has 0 radical (unpaired) electrons. The summed E-state index contributed by atoms with van der Waals surface area (Å²) in [5.74, 6) is 1.08. The van der Waals surface area contributed by atoms with Gasteiger partial charge in [0.25, 0.3) is 0 Å². The number of ether oxygens (including phenoxy) is 1. The predicted octanol–water partition coefficient (Wildman–Crippen LogP) is 3.83. The van der Waals surface area contributed by atoms with E-state index in [0.29, 0.717) is 34.8 Å². The van der Waals surface area contributed by atoms with Crippen molar-refractivity contribution in [1.82, 2.24) is 19.5 Å². The zero-order valence-electron chi connectivity index (χ0n) is 14.8. The van der Waals surface area contributed by atoms with Crippen molar-refractivity contribution in [3.05, 3.63) is 58.1 Å². The third-order valence-corrected chi connectivity index (χ3v) is 6.22. The van der Waals surface area contributed by atoms with Crippen LogP contribution in [0, 0.1) is 0 Å². The highest BCUT2D eigenvalue weighted by molar-refractivity contribution is 7.17. The van der Waals surface area contributed by atoms with Gasteiger partial charge in [-0.25, -0.2) is 0 Å². The quantitative estimate of drug-likeness (QED) is 0.545. The molecule has 3 aromatic heterocycles. The van der Waals surface area contributed by atoms with Crippen LogP contribution in [0.3, 0.4) is 0 Å². The fraction of sp³-hybridized carbons (Fsp3) is 0.263. The van der Waals surface area contributed by atoms with Crippen LogP contribution in [0.1, 0.15) is 16.5 Å². The summed E-state index contributed by atoms with van der Waals surface area (Å²) in [6.07, 6.45) is 1.57. The molecule has 0 bridgehead atoms. The first-order chi connectivity index (χ1) is 13.7. The molecule has 1 aliphatic rings. The van der Waals surface area contributed by atoms with E-state index in [1.165, 1.54) is 15.9 Å². The minimum atomic E-state index is -0.196. The van der Waals surface area contributed by atoms with Crippen molar-refractivity contribution in [1.29, 1.82) is 0 Å². The molecule has 1 saturated heterocycles. The second-order valence-corrected chi connectivity index (χ2v) is 7.89. The highest BCUT2D eigenvalue weighted by Crippen LogP contribution is 2.42. The van der Waals surface area contributed by atoms with Crippen LogP contribution < -0.4 is 0 Å². The van der Waals surface area contributed by atoms with Gasteiger partial charge < -0.3 is 14.3 Å². The number of furan rings is 1. The van der Waals surface area contributed by atoms with E-state index in [1.807, 2.05) is 24.3 Å². The molecule has 28 heavy (non-hydrogen) atoms. The number of hydrogen-bond donors (Lipinski definition) is 1. The van der Waals surface area contributed by atoms with E-state index in [2.05, 4.69) is 15.0 Å². The summed E-state index contributed by atoms with van der Waals surface area (Å²) in [6.45, 7) is 2.79. The molecule has 1 fully saturated rings. The zero-order valence-corrected chi connectivity index (χ0v) is 16.4. The third kappa shape index (κ3) is 2.98. The lowest BCUT2D eigenvalue weighted by atomic mass is 10.0. The van der Waals surface area contributed by atoms with Gasteiger partial charge in [-0.1, -0.05) is 41.1 Å². The van der Waals surface area contributed by atoms with Gasteiger partial charge in [-0.3, -0.25) is 4.90 Å². The van der Waals surface area contributed by atoms with E-state index in [9.17, 15) is 5.11 Å². The first kappa shape index (κ1) is 17.7. The van der Waals surface area contributed by atoms with Crippen molar-refractivity contribution in [2.45, 2.75) is 6.04 Å². The van der Waals surface area contributed by atoms with E-state index < -0.39 is 0 Å². The normalized spacial score (nSPS) is 16.6. The van der Waals surface area contributed by atoms with Crippen molar-refractivity contribution >= 4 is 27.9 Å². The van der Waals surface area contributed by atoms with Crippen molar-refractivity contribution in [3.8, 4) is 17.5 Å². The number of rotatable bonds is 4. The molecule has 1 aliphatic heterocycles. The van der Waals surface area contributed by atoms with Crippen molar-refractivity contribution in [2.75, 3.05) is 26.3 Å². The van der Waals surface area contributed by atoms with Gasteiger partial charge in [0, 0.05) is 18.1 Å². The standard InChI is InChI=1S/C19H17ClN4O3S/c20-13-5-2-1-4-12(13)15(23-7-10-26-11-8-23)16-18(25)24-19(28-16)21-17(22-24)14-6-3-9-27-14/h1-6,9,15,25H,7-8,10-11H2/t15-/m1/s1. The molecule has 0 unspecified atom stereocenters. The van der Waals surface area contributed by atoms with Gasteiger partial charge in [0.1, 0.15) is 0 Å². The van der Waals surface area contributed by atoms with Crippen molar-refractivity contribution < 1.29 is 14.3 Å². The summed E-state index contributed by atoms with van der Waals surface area (Å²) in [6, 6.07) is 11.1. The lowest BCUT2D eigenvalue weighted by molar-refractivity contribution is 0.0241. The zero-order chi connectivity index (χ0) is 19.1. The van der Waals surface area contributed by atoms with Crippen LogP contribution in [-0.4, -0.2) is 50.9 Å². The Morgan fingerprint density at radius 1 is 1.14 bits per heavy atom. The molecule has 1 atom stereocenters. The monoisotopic (exact) mass is 416 g/mol. The van der Waals surface area contributed by atoms with Gasteiger partial charge in [0.15, 0.2) is 5.76 Å². The Morgan fingerprint density at radius 2 is 1.96 bits per heavy atom. The van der Waals surface area contributed by atoms with E-state index in [1.54, 1.807) is 18.4 Å². The number of benzene rings is 1. The maximum Gasteiger partial charge on any atom is 0.230 e. The van der Waals surface area contributed by atoms with E-state index in [4.69, 9.17) is 20.8 Å². The van der Waals surface area contributed by atoms with Gasteiger partial charge in [0.2, 0.25) is 16.7 Å². The van der Waals surface area contributed by atoms with Crippen LogP contribution in [0.15, 0.2) is 47.1 Å². The number of aromatic hydroxyl groups is 1. The first-order valence-corrected chi connectivity index (χ1v) is 10.1. The largest absolute Gasteiger partial charge is 0.492 e. The number of nitrogens with zero attached hydrogens (tertiary/aromatic N) is 4. The molecule has 0 spiro atoms. The van der Waals surface area contributed by atoms with Crippen molar-refractivity contribution in [2.24, 2.45) is 0 Å². The highest BCUT2D eigenvalue weighted by atomic mass is 35.5. The summed E-state index contributed by atoms with van der Waals surface area (Å²) in [7, 11) is 0. The summed E-state index contributed by atoms with van der Waals surface area (Å²) < 4.78 is 12.3. The molecule has 1 aromatic carbocycles. The first-order valence-electron chi connectivity index (χ1n) is 8.91. The fourth-order valence-electron chi connectivity index (χ4n) is 3.47. The van der Waals surface area contributed by atoms with Gasteiger partial charge >= 0.3 is 0 Å². The number of halogens is 1. The third-order valence-electron chi connectivity index (χ3n) is 4.80. The molecule has 4 heterocycles. The van der Waals surface area contributed by atoms with E-state index in [-0.39, 0.29) is 11.9 Å². The fourth-order valence-corrected chi connectivity index (χ4v) is 4.82. The van der Waals surface area contributed by atoms with Crippen LogP contribution in [0.4, 0.5) is 0 Å². The summed E-state index contributed by atoms with van der Waals surface area (Å²) in [4.78, 5) is 8.15. The Hall–Kier alpha value is -2.39. The molecule has 4 aromatic rings. The minimum Gasteiger partial charge on any atom is -0.492 e. The van der Waals surface area contributed by atoms with E-state index >= 15 is 0 Å². The summed E-state index contributed by atoms with van der Waals surface area (Å²) >= 11 is 7.92. The topological polar surface area (TPSA) is 76.0 Å². The van der Waals surface area contributed by atoms with Crippen LogP contribution >= 0.6 is 22.9 Å². The maximum absolute atomic E-state index is 11.0. The Morgan fingerprint density at radius 3 is 2.68 bits per heavy atom.